The van der Waals surface area contributed by atoms with Gasteiger partial charge in [-0.2, -0.15) is 5.10 Å². The molecule has 1 aliphatic rings. The second-order valence-electron chi connectivity index (χ2n) is 6.49. The Morgan fingerprint density at radius 2 is 2.12 bits per heavy atom. The smallest absolute Gasteiger partial charge is 0.223 e. The lowest BCUT2D eigenvalue weighted by molar-refractivity contribution is 0.578. The van der Waals surface area contributed by atoms with E-state index < -0.39 is 0 Å². The minimum Gasteiger partial charge on any atom is -0.462 e. The molecule has 1 saturated carbocycles. The zero-order chi connectivity index (χ0) is 17.7. The molecular formula is C19H16ClN5O. The van der Waals surface area contributed by atoms with Crippen LogP contribution in [-0.2, 0) is 0 Å². The molecule has 0 atom stereocenters. The molecule has 7 heteroatoms. The lowest BCUT2D eigenvalue weighted by atomic mass is 10.1. The fourth-order valence-electron chi connectivity index (χ4n) is 3.04. The molecule has 0 bridgehead atoms. The van der Waals surface area contributed by atoms with E-state index in [1.165, 1.54) is 0 Å². The molecule has 26 heavy (non-hydrogen) atoms. The maximum absolute atomic E-state index is 6.36. The number of halogens is 1. The van der Waals surface area contributed by atoms with Crippen LogP contribution in [0.5, 0.6) is 0 Å². The van der Waals surface area contributed by atoms with Gasteiger partial charge in [0.1, 0.15) is 10.8 Å². The van der Waals surface area contributed by atoms with Gasteiger partial charge in [0.05, 0.1) is 23.0 Å². The van der Waals surface area contributed by atoms with E-state index in [-0.39, 0.29) is 0 Å². The van der Waals surface area contributed by atoms with Gasteiger partial charge < -0.3 is 9.73 Å². The highest BCUT2D eigenvalue weighted by Crippen LogP contribution is 2.37. The summed E-state index contributed by atoms with van der Waals surface area (Å²) in [5.41, 5.74) is 4.27. The van der Waals surface area contributed by atoms with Crippen molar-refractivity contribution < 1.29 is 4.42 Å². The number of rotatable bonds is 4. The molecule has 0 saturated heterocycles. The lowest BCUT2D eigenvalue weighted by Gasteiger charge is -2.06. The number of pyridine rings is 1. The molecule has 4 aromatic rings. The number of nitrogens with zero attached hydrogens (tertiary/aromatic N) is 4. The monoisotopic (exact) mass is 365 g/mol. The molecule has 4 aromatic heterocycles. The van der Waals surface area contributed by atoms with Crippen molar-refractivity contribution in [3.05, 3.63) is 53.5 Å². The highest BCUT2D eigenvalue weighted by atomic mass is 35.5. The molecule has 0 spiro atoms. The van der Waals surface area contributed by atoms with Crippen molar-refractivity contribution in [3.8, 4) is 22.7 Å². The zero-order valence-corrected chi connectivity index (χ0v) is 14.9. The number of nitrogens with one attached hydrogen (secondary N) is 1. The van der Waals surface area contributed by atoms with Gasteiger partial charge in [0, 0.05) is 12.2 Å². The summed E-state index contributed by atoms with van der Waals surface area (Å²) in [6.45, 7) is 1.99. The highest BCUT2D eigenvalue weighted by molar-refractivity contribution is 6.29. The third kappa shape index (κ3) is 2.54. The van der Waals surface area contributed by atoms with Crippen LogP contribution in [0.4, 0.5) is 5.95 Å². The van der Waals surface area contributed by atoms with Crippen LogP contribution in [0.25, 0.3) is 28.2 Å². The van der Waals surface area contributed by atoms with Gasteiger partial charge in [-0.1, -0.05) is 17.7 Å². The summed E-state index contributed by atoms with van der Waals surface area (Å²) >= 11 is 6.36. The van der Waals surface area contributed by atoms with Crippen molar-refractivity contribution in [1.82, 2.24) is 19.6 Å². The van der Waals surface area contributed by atoms with Crippen molar-refractivity contribution in [2.45, 2.75) is 25.8 Å². The molecule has 0 radical (unpaired) electrons. The van der Waals surface area contributed by atoms with Crippen LogP contribution in [0.15, 0.2) is 47.2 Å². The first-order valence-electron chi connectivity index (χ1n) is 8.52. The van der Waals surface area contributed by atoms with Gasteiger partial charge in [0.2, 0.25) is 5.95 Å². The Balaban J connectivity index is 1.75. The average Bonchev–Trinajstić information content (AvgIpc) is 3.20. The van der Waals surface area contributed by atoms with Crippen molar-refractivity contribution in [1.29, 1.82) is 0 Å². The number of hydrogen-bond donors (Lipinski definition) is 1. The van der Waals surface area contributed by atoms with Crippen molar-refractivity contribution in [2.75, 3.05) is 5.32 Å². The fourth-order valence-corrected chi connectivity index (χ4v) is 3.24. The van der Waals surface area contributed by atoms with E-state index in [2.05, 4.69) is 10.3 Å². The zero-order valence-electron chi connectivity index (χ0n) is 14.1. The molecule has 4 heterocycles. The number of furan rings is 1. The first kappa shape index (κ1) is 15.4. The Morgan fingerprint density at radius 3 is 2.88 bits per heavy atom. The predicted octanol–water partition coefficient (Wildman–Crippen LogP) is 4.59. The minimum absolute atomic E-state index is 0.482. The van der Waals surface area contributed by atoms with Crippen LogP contribution in [0, 0.1) is 6.92 Å². The summed E-state index contributed by atoms with van der Waals surface area (Å²) < 4.78 is 7.42. The normalized spacial score (nSPS) is 14.1. The number of hydrogen-bond acceptors (Lipinski definition) is 5. The van der Waals surface area contributed by atoms with Gasteiger partial charge in [-0.3, -0.25) is 0 Å². The standard InChI is InChI=1S/C19H16ClN5O/c1-11-8-10-26-18(11)17-16(14-3-2-4-15(20)25(14)24-17)13-7-9-21-19(23-13)22-12-5-6-12/h2-4,7-10,12H,5-6H2,1H3,(H,21,22,23). The van der Waals surface area contributed by atoms with Gasteiger partial charge in [0.25, 0.3) is 0 Å². The van der Waals surface area contributed by atoms with Crippen LogP contribution in [0.1, 0.15) is 18.4 Å². The van der Waals surface area contributed by atoms with Crippen molar-refractivity contribution in [3.63, 3.8) is 0 Å². The molecule has 1 N–H and O–H groups in total. The van der Waals surface area contributed by atoms with Crippen LogP contribution in [-0.4, -0.2) is 25.6 Å². The molecule has 0 aromatic carbocycles. The fraction of sp³-hybridized carbons (Fsp3) is 0.211. The van der Waals surface area contributed by atoms with Crippen molar-refractivity contribution >= 4 is 23.1 Å². The quantitative estimate of drug-likeness (QED) is 0.536. The summed E-state index contributed by atoms with van der Waals surface area (Å²) in [4.78, 5) is 9.05. The molecule has 0 aliphatic heterocycles. The molecule has 5 rings (SSSR count). The van der Waals surface area contributed by atoms with Crippen LogP contribution in [0.3, 0.4) is 0 Å². The topological polar surface area (TPSA) is 68.2 Å². The van der Waals surface area contributed by atoms with E-state index in [4.69, 9.17) is 26.1 Å². The van der Waals surface area contributed by atoms with Gasteiger partial charge in [-0.25, -0.2) is 14.5 Å². The molecule has 6 nitrogen and oxygen atoms in total. The van der Waals surface area contributed by atoms with Gasteiger partial charge in [0.15, 0.2) is 5.76 Å². The van der Waals surface area contributed by atoms with Crippen LogP contribution in [0.2, 0.25) is 5.15 Å². The third-order valence-electron chi connectivity index (χ3n) is 4.51. The molecule has 0 amide bonds. The van der Waals surface area contributed by atoms with Gasteiger partial charge in [-0.05, 0) is 49.6 Å². The predicted molar refractivity (Wildman–Crippen MR) is 100 cm³/mol. The largest absolute Gasteiger partial charge is 0.462 e. The highest BCUT2D eigenvalue weighted by Gasteiger charge is 2.24. The van der Waals surface area contributed by atoms with Gasteiger partial charge in [-0.15, -0.1) is 0 Å². The van der Waals surface area contributed by atoms with E-state index >= 15 is 0 Å². The van der Waals surface area contributed by atoms with Gasteiger partial charge >= 0.3 is 0 Å². The number of aryl methyl sites for hydroxylation is 1. The summed E-state index contributed by atoms with van der Waals surface area (Å²) in [7, 11) is 0. The molecule has 1 aliphatic carbocycles. The third-order valence-corrected chi connectivity index (χ3v) is 4.80. The average molecular weight is 366 g/mol. The summed E-state index contributed by atoms with van der Waals surface area (Å²) in [6.07, 6.45) is 5.76. The van der Waals surface area contributed by atoms with Crippen LogP contribution < -0.4 is 5.32 Å². The first-order chi connectivity index (χ1) is 12.7. The summed E-state index contributed by atoms with van der Waals surface area (Å²) in [6, 6.07) is 9.99. The first-order valence-corrected chi connectivity index (χ1v) is 8.90. The molecule has 1 fully saturated rings. The second-order valence-corrected chi connectivity index (χ2v) is 6.87. The van der Waals surface area contributed by atoms with E-state index in [1.54, 1.807) is 17.0 Å². The van der Waals surface area contributed by atoms with E-state index in [9.17, 15) is 0 Å². The number of aromatic nitrogens is 4. The Morgan fingerprint density at radius 1 is 1.23 bits per heavy atom. The number of fused-ring (bicyclic) bond motifs is 1. The summed E-state index contributed by atoms with van der Waals surface area (Å²) in [5.74, 6) is 1.35. The SMILES string of the molecule is Cc1ccoc1-c1nn2c(Cl)cccc2c1-c1ccnc(NC2CC2)n1. The van der Waals surface area contributed by atoms with Crippen molar-refractivity contribution in [2.24, 2.45) is 0 Å². The Bertz CT molecular complexity index is 1110. The second kappa shape index (κ2) is 5.85. The Kier molecular flexibility index (Phi) is 3.46. The number of anilines is 1. The minimum atomic E-state index is 0.482. The Labute approximate surface area is 154 Å². The lowest BCUT2D eigenvalue weighted by Crippen LogP contribution is -2.05. The maximum Gasteiger partial charge on any atom is 0.223 e. The maximum atomic E-state index is 6.36. The van der Waals surface area contributed by atoms with E-state index in [1.807, 2.05) is 37.3 Å². The Hall–Kier alpha value is -2.86. The molecule has 0 unspecified atom stereocenters. The van der Waals surface area contributed by atoms with E-state index in [0.29, 0.717) is 17.1 Å². The summed E-state index contributed by atoms with van der Waals surface area (Å²) in [5, 5.41) is 8.58. The van der Waals surface area contributed by atoms with E-state index in [0.717, 1.165) is 46.6 Å². The molecule has 130 valence electrons. The molecular weight excluding hydrogens is 350 g/mol. The van der Waals surface area contributed by atoms with Crippen LogP contribution >= 0.6 is 11.6 Å².